The van der Waals surface area contributed by atoms with E-state index < -0.39 is 6.61 Å². The SMILES string of the molecule is Cc1ccc(OC(F)F)c(CN=C(NCCCN2CCOCC2)NCC(=O)N(C)C)c1.I. The van der Waals surface area contributed by atoms with Gasteiger partial charge in [0.15, 0.2) is 5.96 Å². The number of guanidine groups is 1. The van der Waals surface area contributed by atoms with Crippen LogP contribution in [0.3, 0.4) is 0 Å². The van der Waals surface area contributed by atoms with E-state index in [2.05, 4.69) is 25.3 Å². The summed E-state index contributed by atoms with van der Waals surface area (Å²) in [7, 11) is 3.36. The number of amides is 1. The maximum atomic E-state index is 12.7. The summed E-state index contributed by atoms with van der Waals surface area (Å²) in [6.45, 7) is 4.15. The van der Waals surface area contributed by atoms with Crippen molar-refractivity contribution in [2.24, 2.45) is 4.99 Å². The second-order valence-corrected chi connectivity index (χ2v) is 7.53. The highest BCUT2D eigenvalue weighted by Crippen LogP contribution is 2.22. The van der Waals surface area contributed by atoms with E-state index in [1.807, 2.05) is 6.92 Å². The second-order valence-electron chi connectivity index (χ2n) is 7.53. The van der Waals surface area contributed by atoms with Crippen LogP contribution in [0.5, 0.6) is 5.75 Å². The summed E-state index contributed by atoms with van der Waals surface area (Å²) in [5.41, 5.74) is 1.47. The first-order chi connectivity index (χ1) is 14.8. The summed E-state index contributed by atoms with van der Waals surface area (Å²) in [4.78, 5) is 20.2. The summed E-state index contributed by atoms with van der Waals surface area (Å²) in [6, 6.07) is 5.00. The summed E-state index contributed by atoms with van der Waals surface area (Å²) in [5, 5.41) is 6.23. The van der Waals surface area contributed by atoms with Gasteiger partial charge in [-0.1, -0.05) is 17.7 Å². The Kier molecular flexibility index (Phi) is 13.4. The molecule has 0 radical (unpaired) electrons. The monoisotopic (exact) mass is 569 g/mol. The minimum atomic E-state index is -2.90. The van der Waals surface area contributed by atoms with Crippen molar-refractivity contribution in [3.05, 3.63) is 29.3 Å². The second kappa shape index (κ2) is 15.2. The van der Waals surface area contributed by atoms with Crippen LogP contribution < -0.4 is 15.4 Å². The zero-order valence-corrected chi connectivity index (χ0v) is 21.2. The number of alkyl halides is 2. The van der Waals surface area contributed by atoms with Crippen molar-refractivity contribution in [3.8, 4) is 5.75 Å². The molecule has 1 amide bonds. The molecule has 0 unspecified atom stereocenters. The number of nitrogens with one attached hydrogen (secondary N) is 2. The molecule has 1 aliphatic heterocycles. The highest BCUT2D eigenvalue weighted by atomic mass is 127. The van der Waals surface area contributed by atoms with Crippen molar-refractivity contribution in [3.63, 3.8) is 0 Å². The Bertz CT molecular complexity index is 731. The van der Waals surface area contributed by atoms with Gasteiger partial charge in [-0.25, -0.2) is 4.99 Å². The Hall–Kier alpha value is -1.73. The fourth-order valence-corrected chi connectivity index (χ4v) is 3.03. The number of morpholine rings is 1. The lowest BCUT2D eigenvalue weighted by molar-refractivity contribution is -0.127. The van der Waals surface area contributed by atoms with Gasteiger partial charge in [0.05, 0.1) is 26.3 Å². The minimum absolute atomic E-state index is 0. The third-order valence-electron chi connectivity index (χ3n) is 4.79. The van der Waals surface area contributed by atoms with Crippen LogP contribution in [-0.2, 0) is 16.1 Å². The lowest BCUT2D eigenvalue weighted by Gasteiger charge is -2.26. The normalized spacial score (nSPS) is 14.6. The number of halogens is 3. The quantitative estimate of drug-likeness (QED) is 0.195. The molecule has 1 aromatic carbocycles. The first kappa shape index (κ1) is 28.3. The Morgan fingerprint density at radius 2 is 2.00 bits per heavy atom. The van der Waals surface area contributed by atoms with Gasteiger partial charge in [-0.05, 0) is 26.0 Å². The van der Waals surface area contributed by atoms with Gasteiger partial charge in [0.2, 0.25) is 5.91 Å². The van der Waals surface area contributed by atoms with Crippen molar-refractivity contribution < 1.29 is 23.0 Å². The number of benzene rings is 1. The molecular weight excluding hydrogens is 535 g/mol. The highest BCUT2D eigenvalue weighted by molar-refractivity contribution is 14.0. The van der Waals surface area contributed by atoms with Crippen molar-refractivity contribution in [2.75, 3.05) is 60.0 Å². The van der Waals surface area contributed by atoms with Crippen LogP contribution >= 0.6 is 24.0 Å². The molecule has 8 nitrogen and oxygen atoms in total. The molecule has 1 fully saturated rings. The van der Waals surface area contributed by atoms with Gasteiger partial charge in [-0.2, -0.15) is 8.78 Å². The molecule has 1 aromatic rings. The largest absolute Gasteiger partial charge is 0.434 e. The van der Waals surface area contributed by atoms with Crippen LogP contribution in [0.2, 0.25) is 0 Å². The molecule has 0 spiro atoms. The minimum Gasteiger partial charge on any atom is -0.434 e. The predicted octanol–water partition coefficient (Wildman–Crippen LogP) is 2.06. The zero-order valence-electron chi connectivity index (χ0n) is 18.9. The molecule has 0 aromatic heterocycles. The van der Waals surface area contributed by atoms with E-state index in [0.717, 1.165) is 44.8 Å². The van der Waals surface area contributed by atoms with E-state index in [-0.39, 0.29) is 48.7 Å². The van der Waals surface area contributed by atoms with E-state index in [1.54, 1.807) is 26.2 Å². The number of rotatable bonds is 10. The molecular formula is C21H34F2IN5O3. The molecule has 0 saturated carbocycles. The Morgan fingerprint density at radius 3 is 2.66 bits per heavy atom. The molecule has 1 heterocycles. The lowest BCUT2D eigenvalue weighted by Crippen LogP contribution is -2.44. The molecule has 182 valence electrons. The van der Waals surface area contributed by atoms with Crippen molar-refractivity contribution >= 4 is 35.8 Å². The molecule has 0 aliphatic carbocycles. The van der Waals surface area contributed by atoms with Crippen LogP contribution in [-0.4, -0.2) is 88.3 Å². The smallest absolute Gasteiger partial charge is 0.387 e. The zero-order chi connectivity index (χ0) is 22.6. The van der Waals surface area contributed by atoms with Crippen LogP contribution in [0.4, 0.5) is 8.78 Å². The number of nitrogens with zero attached hydrogens (tertiary/aromatic N) is 3. The molecule has 1 saturated heterocycles. The lowest BCUT2D eigenvalue weighted by atomic mass is 10.1. The molecule has 0 atom stereocenters. The van der Waals surface area contributed by atoms with Gasteiger partial charge in [0, 0.05) is 39.3 Å². The number of likely N-dealkylation sites (N-methyl/N-ethyl adjacent to an activating group) is 1. The summed E-state index contributed by atoms with van der Waals surface area (Å²) < 4.78 is 35.4. The number of aryl methyl sites for hydroxylation is 1. The topological polar surface area (TPSA) is 78.4 Å². The van der Waals surface area contributed by atoms with E-state index in [1.165, 1.54) is 11.0 Å². The maximum Gasteiger partial charge on any atom is 0.387 e. The van der Waals surface area contributed by atoms with Crippen LogP contribution in [0.25, 0.3) is 0 Å². The highest BCUT2D eigenvalue weighted by Gasteiger charge is 2.12. The van der Waals surface area contributed by atoms with E-state index in [0.29, 0.717) is 18.1 Å². The van der Waals surface area contributed by atoms with E-state index in [4.69, 9.17) is 4.74 Å². The van der Waals surface area contributed by atoms with Gasteiger partial charge in [-0.3, -0.25) is 9.69 Å². The third kappa shape index (κ3) is 10.7. The van der Waals surface area contributed by atoms with Crippen LogP contribution in [0.1, 0.15) is 17.5 Å². The van der Waals surface area contributed by atoms with Gasteiger partial charge in [0.1, 0.15) is 5.75 Å². The Labute approximate surface area is 205 Å². The van der Waals surface area contributed by atoms with Gasteiger partial charge in [0.25, 0.3) is 0 Å². The van der Waals surface area contributed by atoms with E-state index in [9.17, 15) is 13.6 Å². The van der Waals surface area contributed by atoms with Gasteiger partial charge >= 0.3 is 6.61 Å². The van der Waals surface area contributed by atoms with Crippen molar-refractivity contribution in [1.82, 2.24) is 20.4 Å². The fourth-order valence-electron chi connectivity index (χ4n) is 3.03. The molecule has 2 N–H and O–H groups in total. The summed E-state index contributed by atoms with van der Waals surface area (Å²) in [5.74, 6) is 0.446. The average Bonchev–Trinajstić information content (AvgIpc) is 2.74. The molecule has 32 heavy (non-hydrogen) atoms. The Balaban J connectivity index is 0.00000512. The van der Waals surface area contributed by atoms with Crippen molar-refractivity contribution in [2.45, 2.75) is 26.5 Å². The molecule has 0 bridgehead atoms. The third-order valence-corrected chi connectivity index (χ3v) is 4.79. The van der Waals surface area contributed by atoms with Crippen molar-refractivity contribution in [1.29, 1.82) is 0 Å². The first-order valence-corrected chi connectivity index (χ1v) is 10.4. The van der Waals surface area contributed by atoms with Gasteiger partial charge in [-0.15, -0.1) is 24.0 Å². The molecule has 11 heteroatoms. The number of hydrogen-bond acceptors (Lipinski definition) is 5. The summed E-state index contributed by atoms with van der Waals surface area (Å²) in [6.07, 6.45) is 0.895. The molecule has 2 rings (SSSR count). The van der Waals surface area contributed by atoms with Gasteiger partial charge < -0.3 is 25.0 Å². The first-order valence-electron chi connectivity index (χ1n) is 10.4. The Morgan fingerprint density at radius 1 is 1.28 bits per heavy atom. The number of carbonyl (C=O) groups is 1. The predicted molar refractivity (Wildman–Crippen MR) is 131 cm³/mol. The van der Waals surface area contributed by atoms with Crippen LogP contribution in [0, 0.1) is 6.92 Å². The number of aliphatic imine (C=N–C) groups is 1. The van der Waals surface area contributed by atoms with E-state index >= 15 is 0 Å². The summed E-state index contributed by atoms with van der Waals surface area (Å²) >= 11 is 0. The fraction of sp³-hybridized carbons (Fsp3) is 0.619. The number of carbonyl (C=O) groups excluding carboxylic acids is 1. The standard InChI is InChI=1S/C21H33F2N5O3.HI/c1-16-5-6-18(31-20(22)23)17(13-16)14-25-21(26-15-19(29)27(2)3)24-7-4-8-28-9-11-30-12-10-28;/h5-6,13,20H,4,7-12,14-15H2,1-3H3,(H2,24,25,26);1H. The van der Waals surface area contributed by atoms with Crippen LogP contribution in [0.15, 0.2) is 23.2 Å². The maximum absolute atomic E-state index is 12.7. The number of hydrogen-bond donors (Lipinski definition) is 2. The average molecular weight is 569 g/mol. The molecule has 1 aliphatic rings. The number of ether oxygens (including phenoxy) is 2.